The van der Waals surface area contributed by atoms with Crippen molar-refractivity contribution in [3.8, 4) is 0 Å². The SMILES string of the molecule is CC(C)(O)CN1CCN(C(=O)CNC2CCCC2)CC1. The highest BCUT2D eigenvalue weighted by Crippen LogP contribution is 2.17. The lowest BCUT2D eigenvalue weighted by atomic mass is 10.1. The van der Waals surface area contributed by atoms with Crippen LogP contribution in [0, 0.1) is 0 Å². The second-order valence-corrected chi connectivity index (χ2v) is 6.83. The van der Waals surface area contributed by atoms with E-state index in [2.05, 4.69) is 10.2 Å². The zero-order chi connectivity index (χ0) is 14.6. The summed E-state index contributed by atoms with van der Waals surface area (Å²) in [5.41, 5.74) is -0.657. The molecule has 2 fully saturated rings. The highest BCUT2D eigenvalue weighted by molar-refractivity contribution is 5.78. The standard InChI is InChI=1S/C15H29N3O2/c1-15(2,20)12-17-7-9-18(10-8-17)14(19)11-16-13-5-3-4-6-13/h13,16,20H,3-12H2,1-2H3. The van der Waals surface area contributed by atoms with Gasteiger partial charge in [0, 0.05) is 38.8 Å². The number of hydrogen-bond donors (Lipinski definition) is 2. The number of β-amino-alcohol motifs (C(OH)–C–C–N with tert-alkyl or cyclic N) is 1. The second-order valence-electron chi connectivity index (χ2n) is 6.83. The summed E-state index contributed by atoms with van der Waals surface area (Å²) >= 11 is 0. The zero-order valence-electron chi connectivity index (χ0n) is 12.9. The lowest BCUT2D eigenvalue weighted by Crippen LogP contribution is -2.53. The summed E-state index contributed by atoms with van der Waals surface area (Å²) in [7, 11) is 0. The number of hydrogen-bond acceptors (Lipinski definition) is 4. The fourth-order valence-corrected chi connectivity index (χ4v) is 3.18. The largest absolute Gasteiger partial charge is 0.389 e. The second kappa shape index (κ2) is 6.87. The van der Waals surface area contributed by atoms with E-state index in [0.717, 1.165) is 26.2 Å². The number of amides is 1. The third-order valence-corrected chi connectivity index (χ3v) is 4.23. The summed E-state index contributed by atoms with van der Waals surface area (Å²) in [5, 5.41) is 13.2. The number of rotatable bonds is 5. The van der Waals surface area contributed by atoms with E-state index in [9.17, 15) is 9.90 Å². The van der Waals surface area contributed by atoms with Crippen molar-refractivity contribution < 1.29 is 9.90 Å². The summed E-state index contributed by atoms with van der Waals surface area (Å²) in [6.45, 7) is 8.10. The van der Waals surface area contributed by atoms with Crippen LogP contribution in [-0.2, 0) is 4.79 Å². The number of nitrogens with zero attached hydrogens (tertiary/aromatic N) is 2. The molecular formula is C15H29N3O2. The Hall–Kier alpha value is -0.650. The number of carbonyl (C=O) groups excluding carboxylic acids is 1. The maximum Gasteiger partial charge on any atom is 0.236 e. The summed E-state index contributed by atoms with van der Waals surface area (Å²) in [5.74, 6) is 0.222. The molecule has 0 atom stereocenters. The fraction of sp³-hybridized carbons (Fsp3) is 0.933. The Balaban J connectivity index is 1.66. The molecule has 1 aliphatic heterocycles. The monoisotopic (exact) mass is 283 g/mol. The molecule has 0 aromatic heterocycles. The van der Waals surface area contributed by atoms with Crippen LogP contribution in [0.1, 0.15) is 39.5 Å². The zero-order valence-corrected chi connectivity index (χ0v) is 12.9. The molecule has 0 aromatic rings. The van der Waals surface area contributed by atoms with Crippen LogP contribution in [0.15, 0.2) is 0 Å². The van der Waals surface area contributed by atoms with E-state index in [-0.39, 0.29) is 5.91 Å². The van der Waals surface area contributed by atoms with Crippen molar-refractivity contribution in [3.63, 3.8) is 0 Å². The molecule has 1 saturated carbocycles. The first kappa shape index (κ1) is 15.7. The maximum atomic E-state index is 12.1. The summed E-state index contributed by atoms with van der Waals surface area (Å²) in [6, 6.07) is 0.551. The van der Waals surface area contributed by atoms with Gasteiger partial charge in [-0.3, -0.25) is 9.69 Å². The van der Waals surface area contributed by atoms with Crippen LogP contribution in [0.3, 0.4) is 0 Å². The highest BCUT2D eigenvalue weighted by atomic mass is 16.3. The van der Waals surface area contributed by atoms with Gasteiger partial charge < -0.3 is 15.3 Å². The first-order valence-electron chi connectivity index (χ1n) is 7.90. The van der Waals surface area contributed by atoms with Gasteiger partial charge >= 0.3 is 0 Å². The molecular weight excluding hydrogens is 254 g/mol. The smallest absolute Gasteiger partial charge is 0.236 e. The minimum Gasteiger partial charge on any atom is -0.389 e. The lowest BCUT2D eigenvalue weighted by Gasteiger charge is -2.37. The van der Waals surface area contributed by atoms with Crippen LogP contribution < -0.4 is 5.32 Å². The van der Waals surface area contributed by atoms with Gasteiger partial charge in [0.15, 0.2) is 0 Å². The van der Waals surface area contributed by atoms with Crippen molar-refractivity contribution in [2.75, 3.05) is 39.3 Å². The van der Waals surface area contributed by atoms with E-state index in [4.69, 9.17) is 0 Å². The van der Waals surface area contributed by atoms with E-state index in [1.165, 1.54) is 25.7 Å². The van der Waals surface area contributed by atoms with Crippen LogP contribution in [0.25, 0.3) is 0 Å². The first-order chi connectivity index (χ1) is 9.44. The number of aliphatic hydroxyl groups is 1. The van der Waals surface area contributed by atoms with Crippen LogP contribution in [0.2, 0.25) is 0 Å². The Bertz CT molecular complexity index is 314. The quantitative estimate of drug-likeness (QED) is 0.768. The van der Waals surface area contributed by atoms with Crippen molar-refractivity contribution in [1.82, 2.24) is 15.1 Å². The molecule has 2 aliphatic rings. The first-order valence-corrected chi connectivity index (χ1v) is 7.90. The molecule has 5 nitrogen and oxygen atoms in total. The van der Waals surface area contributed by atoms with Crippen LogP contribution >= 0.6 is 0 Å². The van der Waals surface area contributed by atoms with E-state index >= 15 is 0 Å². The molecule has 2 N–H and O–H groups in total. The predicted molar refractivity (Wildman–Crippen MR) is 79.6 cm³/mol. The van der Waals surface area contributed by atoms with Crippen LogP contribution in [-0.4, -0.2) is 71.7 Å². The van der Waals surface area contributed by atoms with Crippen molar-refractivity contribution in [2.45, 2.75) is 51.2 Å². The average molecular weight is 283 g/mol. The molecule has 1 aliphatic carbocycles. The van der Waals surface area contributed by atoms with E-state index < -0.39 is 5.60 Å². The van der Waals surface area contributed by atoms with Gasteiger partial charge in [-0.2, -0.15) is 0 Å². The molecule has 0 bridgehead atoms. The van der Waals surface area contributed by atoms with Gasteiger partial charge in [0.2, 0.25) is 5.91 Å². The molecule has 116 valence electrons. The molecule has 2 rings (SSSR count). The predicted octanol–water partition coefficient (Wildman–Crippen LogP) is 0.434. The third kappa shape index (κ3) is 5.04. The van der Waals surface area contributed by atoms with Gasteiger partial charge in [0.05, 0.1) is 12.1 Å². The third-order valence-electron chi connectivity index (χ3n) is 4.23. The Morgan fingerprint density at radius 3 is 2.35 bits per heavy atom. The van der Waals surface area contributed by atoms with Gasteiger partial charge in [0.25, 0.3) is 0 Å². The molecule has 5 heteroatoms. The molecule has 0 spiro atoms. The minimum absolute atomic E-state index is 0.222. The summed E-state index contributed by atoms with van der Waals surface area (Å²) in [4.78, 5) is 16.3. The molecule has 20 heavy (non-hydrogen) atoms. The van der Waals surface area contributed by atoms with E-state index in [1.807, 2.05) is 18.7 Å². The van der Waals surface area contributed by atoms with Gasteiger partial charge in [-0.15, -0.1) is 0 Å². The Morgan fingerprint density at radius 2 is 1.80 bits per heavy atom. The fourth-order valence-electron chi connectivity index (χ4n) is 3.18. The summed E-state index contributed by atoms with van der Waals surface area (Å²) in [6.07, 6.45) is 5.02. The Morgan fingerprint density at radius 1 is 1.20 bits per heavy atom. The maximum absolute atomic E-state index is 12.1. The van der Waals surface area contributed by atoms with Crippen molar-refractivity contribution in [3.05, 3.63) is 0 Å². The van der Waals surface area contributed by atoms with Gasteiger partial charge in [-0.1, -0.05) is 12.8 Å². The molecule has 1 amide bonds. The van der Waals surface area contributed by atoms with Crippen LogP contribution in [0.4, 0.5) is 0 Å². The highest BCUT2D eigenvalue weighted by Gasteiger charge is 2.25. The minimum atomic E-state index is -0.657. The van der Waals surface area contributed by atoms with Crippen molar-refractivity contribution in [1.29, 1.82) is 0 Å². The van der Waals surface area contributed by atoms with Crippen molar-refractivity contribution >= 4 is 5.91 Å². The number of carbonyl (C=O) groups is 1. The molecule has 0 aromatic carbocycles. The molecule has 1 saturated heterocycles. The van der Waals surface area contributed by atoms with Crippen molar-refractivity contribution in [2.24, 2.45) is 0 Å². The van der Waals surface area contributed by atoms with Gasteiger partial charge in [-0.05, 0) is 26.7 Å². The van der Waals surface area contributed by atoms with Gasteiger partial charge in [-0.25, -0.2) is 0 Å². The lowest BCUT2D eigenvalue weighted by molar-refractivity contribution is -0.132. The number of nitrogens with one attached hydrogen (secondary N) is 1. The normalized spacial score (nSPS) is 22.4. The van der Waals surface area contributed by atoms with Crippen LogP contribution in [0.5, 0.6) is 0 Å². The van der Waals surface area contributed by atoms with E-state index in [1.54, 1.807) is 0 Å². The topological polar surface area (TPSA) is 55.8 Å². The Kier molecular flexibility index (Phi) is 5.41. The molecule has 0 radical (unpaired) electrons. The number of piperazine rings is 1. The average Bonchev–Trinajstić information content (AvgIpc) is 2.88. The van der Waals surface area contributed by atoms with E-state index in [0.29, 0.717) is 19.1 Å². The molecule has 1 heterocycles. The summed E-state index contributed by atoms with van der Waals surface area (Å²) < 4.78 is 0. The van der Waals surface area contributed by atoms with Gasteiger partial charge in [0.1, 0.15) is 0 Å². The molecule has 0 unspecified atom stereocenters. The Labute approximate surface area is 122 Å².